The molecule has 3 aromatic rings. The van der Waals surface area contributed by atoms with Crippen LogP contribution in [0.4, 0.5) is 4.39 Å². The van der Waals surface area contributed by atoms with Gasteiger partial charge in [-0.25, -0.2) is 24.1 Å². The lowest BCUT2D eigenvalue weighted by molar-refractivity contribution is 0.0695. The van der Waals surface area contributed by atoms with Gasteiger partial charge in [0.25, 0.3) is 5.88 Å². The second kappa shape index (κ2) is 7.73. The minimum atomic E-state index is -1.10. The number of aromatic nitrogens is 4. The van der Waals surface area contributed by atoms with E-state index in [4.69, 9.17) is 14.6 Å². The Bertz CT molecular complexity index is 997. The number of hydrogen-bond acceptors (Lipinski definition) is 7. The highest BCUT2D eigenvalue weighted by atomic mass is 19.1. The third-order valence-electron chi connectivity index (χ3n) is 3.48. The van der Waals surface area contributed by atoms with Crippen molar-refractivity contribution in [3.05, 3.63) is 54.0 Å². The molecule has 0 spiro atoms. The van der Waals surface area contributed by atoms with Crippen LogP contribution in [0, 0.1) is 12.7 Å². The zero-order valence-corrected chi connectivity index (χ0v) is 14.5. The van der Waals surface area contributed by atoms with Crippen molar-refractivity contribution in [1.29, 1.82) is 0 Å². The minimum Gasteiger partial charge on any atom is -0.488 e. The highest BCUT2D eigenvalue weighted by Crippen LogP contribution is 2.31. The number of carbonyl (C=O) groups is 1. The van der Waals surface area contributed by atoms with Crippen molar-refractivity contribution >= 4 is 5.97 Å². The molecular formula is C18H15FN4O4. The minimum absolute atomic E-state index is 0.0241. The number of carboxylic acids is 1. The zero-order valence-electron chi connectivity index (χ0n) is 14.5. The molecule has 0 atom stereocenters. The number of rotatable bonds is 6. The Hall–Kier alpha value is -3.62. The molecule has 0 aliphatic carbocycles. The van der Waals surface area contributed by atoms with Crippen LogP contribution in [0.5, 0.6) is 17.4 Å². The molecule has 3 rings (SSSR count). The van der Waals surface area contributed by atoms with Crippen LogP contribution in [0.15, 0.2) is 36.9 Å². The lowest BCUT2D eigenvalue weighted by atomic mass is 10.2. The van der Waals surface area contributed by atoms with E-state index < -0.39 is 11.8 Å². The maximum atomic E-state index is 13.4. The molecule has 0 amide bonds. The Kier molecular flexibility index (Phi) is 5.20. The van der Waals surface area contributed by atoms with E-state index in [2.05, 4.69) is 19.9 Å². The number of ether oxygens (including phenoxy) is 2. The Balaban J connectivity index is 1.91. The standard InChI is InChI=1S/C18H15FN4O4/c1-3-26-15-5-12(19)7-22-17(15)27-13-4-11(6-20-8-13)16-21-9-14(18(24)25)10(2)23-16/h4-9H,3H2,1-2H3,(H,24,25). The average Bonchev–Trinajstić information content (AvgIpc) is 2.64. The number of halogens is 1. The molecule has 3 heterocycles. The molecule has 0 saturated carbocycles. The molecule has 0 unspecified atom stereocenters. The summed E-state index contributed by atoms with van der Waals surface area (Å²) >= 11 is 0. The second-order valence-corrected chi connectivity index (χ2v) is 5.40. The van der Waals surface area contributed by atoms with Gasteiger partial charge in [-0.1, -0.05) is 0 Å². The molecule has 1 N–H and O–H groups in total. The van der Waals surface area contributed by atoms with Crippen LogP contribution in [-0.4, -0.2) is 37.6 Å². The summed E-state index contributed by atoms with van der Waals surface area (Å²) in [5.74, 6) is -0.764. The van der Waals surface area contributed by atoms with Gasteiger partial charge in [-0.05, 0) is 19.9 Å². The SMILES string of the molecule is CCOc1cc(F)cnc1Oc1cncc(-c2ncc(C(=O)O)c(C)n2)c1. The Labute approximate surface area is 153 Å². The molecule has 0 aromatic carbocycles. The summed E-state index contributed by atoms with van der Waals surface area (Å²) in [7, 11) is 0. The third kappa shape index (κ3) is 4.14. The van der Waals surface area contributed by atoms with E-state index in [1.165, 1.54) is 24.7 Å². The van der Waals surface area contributed by atoms with Crippen molar-refractivity contribution in [2.75, 3.05) is 6.61 Å². The first-order valence-electron chi connectivity index (χ1n) is 7.96. The fraction of sp³-hybridized carbons (Fsp3) is 0.167. The maximum absolute atomic E-state index is 13.4. The summed E-state index contributed by atoms with van der Waals surface area (Å²) in [5, 5.41) is 9.07. The predicted octanol–water partition coefficient (Wildman–Crippen LogP) is 3.27. The fourth-order valence-electron chi connectivity index (χ4n) is 2.27. The average molecular weight is 370 g/mol. The zero-order chi connectivity index (χ0) is 19.4. The lowest BCUT2D eigenvalue weighted by Crippen LogP contribution is -2.04. The number of nitrogens with zero attached hydrogens (tertiary/aromatic N) is 4. The van der Waals surface area contributed by atoms with Crippen molar-refractivity contribution in [2.24, 2.45) is 0 Å². The van der Waals surface area contributed by atoms with Gasteiger partial charge in [0.1, 0.15) is 11.6 Å². The van der Waals surface area contributed by atoms with Crippen molar-refractivity contribution in [3.8, 4) is 28.8 Å². The molecule has 27 heavy (non-hydrogen) atoms. The van der Waals surface area contributed by atoms with Crippen LogP contribution in [0.2, 0.25) is 0 Å². The number of aryl methyl sites for hydroxylation is 1. The van der Waals surface area contributed by atoms with Crippen molar-refractivity contribution in [1.82, 2.24) is 19.9 Å². The van der Waals surface area contributed by atoms with Crippen LogP contribution in [-0.2, 0) is 0 Å². The smallest absolute Gasteiger partial charge is 0.339 e. The predicted molar refractivity (Wildman–Crippen MR) is 92.4 cm³/mol. The van der Waals surface area contributed by atoms with E-state index in [1.54, 1.807) is 19.9 Å². The molecule has 3 aromatic heterocycles. The molecule has 9 heteroatoms. The van der Waals surface area contributed by atoms with Gasteiger partial charge in [-0.3, -0.25) is 4.98 Å². The van der Waals surface area contributed by atoms with E-state index in [0.717, 1.165) is 6.20 Å². The molecule has 0 radical (unpaired) electrons. The molecule has 0 fully saturated rings. The first-order valence-corrected chi connectivity index (χ1v) is 7.96. The van der Waals surface area contributed by atoms with Crippen molar-refractivity contribution < 1.29 is 23.8 Å². The monoisotopic (exact) mass is 370 g/mol. The van der Waals surface area contributed by atoms with Gasteiger partial charge in [-0.15, -0.1) is 0 Å². The summed E-state index contributed by atoms with van der Waals surface area (Å²) < 4.78 is 24.3. The quantitative estimate of drug-likeness (QED) is 0.704. The Morgan fingerprint density at radius 2 is 2.00 bits per heavy atom. The molecule has 138 valence electrons. The van der Waals surface area contributed by atoms with Crippen LogP contribution in [0.1, 0.15) is 23.0 Å². The van der Waals surface area contributed by atoms with E-state index >= 15 is 0 Å². The number of hydrogen-bond donors (Lipinski definition) is 1. The van der Waals surface area contributed by atoms with Gasteiger partial charge < -0.3 is 14.6 Å². The maximum Gasteiger partial charge on any atom is 0.339 e. The number of aromatic carboxylic acids is 1. The summed E-state index contributed by atoms with van der Waals surface area (Å²) in [4.78, 5) is 27.3. The fourth-order valence-corrected chi connectivity index (χ4v) is 2.27. The molecular weight excluding hydrogens is 355 g/mol. The normalized spacial score (nSPS) is 10.5. The highest BCUT2D eigenvalue weighted by molar-refractivity contribution is 5.88. The highest BCUT2D eigenvalue weighted by Gasteiger charge is 2.13. The first-order chi connectivity index (χ1) is 13.0. The molecule has 0 aliphatic rings. The Morgan fingerprint density at radius 1 is 1.19 bits per heavy atom. The van der Waals surface area contributed by atoms with Gasteiger partial charge in [0.05, 0.1) is 30.3 Å². The topological polar surface area (TPSA) is 107 Å². The van der Waals surface area contributed by atoms with Crippen LogP contribution < -0.4 is 9.47 Å². The van der Waals surface area contributed by atoms with Gasteiger partial charge in [0, 0.05) is 24.0 Å². The van der Waals surface area contributed by atoms with Gasteiger partial charge in [-0.2, -0.15) is 0 Å². The van der Waals surface area contributed by atoms with Gasteiger partial charge >= 0.3 is 5.97 Å². The van der Waals surface area contributed by atoms with Crippen molar-refractivity contribution in [2.45, 2.75) is 13.8 Å². The molecule has 0 bridgehead atoms. The van der Waals surface area contributed by atoms with Gasteiger partial charge in [0.2, 0.25) is 0 Å². The third-order valence-corrected chi connectivity index (χ3v) is 3.48. The number of pyridine rings is 2. The lowest BCUT2D eigenvalue weighted by Gasteiger charge is -2.11. The largest absolute Gasteiger partial charge is 0.488 e. The van der Waals surface area contributed by atoms with Crippen molar-refractivity contribution in [3.63, 3.8) is 0 Å². The van der Waals surface area contributed by atoms with Gasteiger partial charge in [0.15, 0.2) is 11.6 Å². The summed E-state index contributed by atoms with van der Waals surface area (Å²) in [6.45, 7) is 3.67. The molecule has 8 nitrogen and oxygen atoms in total. The molecule has 0 saturated heterocycles. The van der Waals surface area contributed by atoms with E-state index in [1.807, 2.05) is 0 Å². The first kappa shape index (κ1) is 18.2. The summed E-state index contributed by atoms with van der Waals surface area (Å²) in [6.07, 6.45) is 5.22. The Morgan fingerprint density at radius 3 is 2.70 bits per heavy atom. The van der Waals surface area contributed by atoms with Crippen LogP contribution in [0.25, 0.3) is 11.4 Å². The van der Waals surface area contributed by atoms with Crippen LogP contribution in [0.3, 0.4) is 0 Å². The summed E-state index contributed by atoms with van der Waals surface area (Å²) in [6, 6.07) is 2.79. The van der Waals surface area contributed by atoms with E-state index in [9.17, 15) is 9.18 Å². The number of carboxylic acid groups (broad SMARTS) is 1. The van der Waals surface area contributed by atoms with Crippen LogP contribution >= 0.6 is 0 Å². The molecule has 0 aliphatic heterocycles. The van der Waals surface area contributed by atoms with E-state index in [-0.39, 0.29) is 17.2 Å². The van der Waals surface area contributed by atoms with E-state index in [0.29, 0.717) is 29.4 Å². The summed E-state index contributed by atoms with van der Waals surface area (Å²) in [5.41, 5.74) is 0.876. The second-order valence-electron chi connectivity index (χ2n) is 5.40.